The number of carboxylic acids is 1. The van der Waals surface area contributed by atoms with Gasteiger partial charge in [0.05, 0.1) is 10.9 Å². The molecule has 0 bridgehead atoms. The number of hydrogen-bond acceptors (Lipinski definition) is 5. The summed E-state index contributed by atoms with van der Waals surface area (Å²) >= 11 is 5.03. The Morgan fingerprint density at radius 3 is 2.64 bits per heavy atom. The van der Waals surface area contributed by atoms with Crippen molar-refractivity contribution in [3.63, 3.8) is 0 Å². The minimum Gasteiger partial charge on any atom is -0.475 e. The van der Waals surface area contributed by atoms with Gasteiger partial charge in [-0.05, 0) is 30.8 Å². The second kappa shape index (κ2) is 6.15. The fourth-order valence-electron chi connectivity index (χ4n) is 1.96. The molecule has 1 N–H and O–H groups in total. The highest BCUT2D eigenvalue weighted by molar-refractivity contribution is 7.80. The van der Waals surface area contributed by atoms with Gasteiger partial charge in [0.2, 0.25) is 5.76 Å². The molecule has 22 heavy (non-hydrogen) atoms. The van der Waals surface area contributed by atoms with E-state index >= 15 is 0 Å². The van der Waals surface area contributed by atoms with Crippen LogP contribution in [-0.4, -0.2) is 35.2 Å². The van der Waals surface area contributed by atoms with E-state index in [0.717, 1.165) is 0 Å². The molecule has 1 aromatic carbocycles. The minimum atomic E-state index is -1.27. The van der Waals surface area contributed by atoms with Gasteiger partial charge < -0.3 is 19.2 Å². The molecule has 2 rings (SSSR count). The molecule has 6 nitrogen and oxygen atoms in total. The van der Waals surface area contributed by atoms with Gasteiger partial charge in [-0.2, -0.15) is 0 Å². The lowest BCUT2D eigenvalue weighted by molar-refractivity contribution is 0.0661. The predicted octanol–water partition coefficient (Wildman–Crippen LogP) is 2.28. The molecule has 0 aliphatic heterocycles. The zero-order valence-electron chi connectivity index (χ0n) is 12.4. The summed E-state index contributed by atoms with van der Waals surface area (Å²) in [6, 6.07) is 4.59. The van der Waals surface area contributed by atoms with Crippen LogP contribution in [0.15, 0.2) is 27.4 Å². The number of ether oxygens (including phenoxy) is 1. The lowest BCUT2D eigenvalue weighted by Gasteiger charge is -2.14. The topological polar surface area (TPSA) is 80.0 Å². The Morgan fingerprint density at radius 1 is 1.41 bits per heavy atom. The van der Waals surface area contributed by atoms with Crippen molar-refractivity contribution < 1.29 is 19.1 Å². The van der Waals surface area contributed by atoms with E-state index < -0.39 is 5.97 Å². The zero-order chi connectivity index (χ0) is 16.4. The number of benzene rings is 1. The van der Waals surface area contributed by atoms with Crippen molar-refractivity contribution in [2.75, 3.05) is 14.1 Å². The molecule has 1 heterocycles. The van der Waals surface area contributed by atoms with Crippen LogP contribution in [0.4, 0.5) is 0 Å². The fraction of sp³-hybridized carbons (Fsp3) is 0.267. The molecule has 1 aromatic heterocycles. The summed E-state index contributed by atoms with van der Waals surface area (Å²) in [6.45, 7) is 1.71. The Labute approximate surface area is 131 Å². The zero-order valence-corrected chi connectivity index (χ0v) is 13.2. The van der Waals surface area contributed by atoms with Crippen molar-refractivity contribution in [3.8, 4) is 5.75 Å². The standard InChI is InChI=1S/C15H15NO5S/c1-4-9-12(17)10-6-5-8(20-15(22)16(2)3)7-11(10)21-13(9)14(18)19/h5-7H,4H2,1-3H3,(H,18,19). The summed E-state index contributed by atoms with van der Waals surface area (Å²) in [7, 11) is 3.47. The van der Waals surface area contributed by atoms with E-state index in [1.165, 1.54) is 6.07 Å². The van der Waals surface area contributed by atoms with Crippen LogP contribution < -0.4 is 10.2 Å². The lowest BCUT2D eigenvalue weighted by atomic mass is 10.1. The van der Waals surface area contributed by atoms with E-state index in [9.17, 15) is 14.7 Å². The smallest absolute Gasteiger partial charge is 0.372 e. The van der Waals surface area contributed by atoms with Crippen molar-refractivity contribution in [2.24, 2.45) is 0 Å². The third-order valence-electron chi connectivity index (χ3n) is 3.08. The molecule has 0 unspecified atom stereocenters. The molecule has 0 aliphatic rings. The van der Waals surface area contributed by atoms with Gasteiger partial charge in [-0.3, -0.25) is 4.79 Å². The number of hydrogen-bond donors (Lipinski definition) is 1. The molecule has 0 spiro atoms. The highest BCUT2D eigenvalue weighted by Gasteiger charge is 2.19. The number of rotatable bonds is 3. The quantitative estimate of drug-likeness (QED) is 0.869. The third kappa shape index (κ3) is 2.94. The van der Waals surface area contributed by atoms with Gasteiger partial charge in [-0.1, -0.05) is 6.92 Å². The second-order valence-corrected chi connectivity index (χ2v) is 5.17. The molecule has 116 valence electrons. The molecule has 7 heteroatoms. The Kier molecular flexibility index (Phi) is 4.46. The van der Waals surface area contributed by atoms with Crippen LogP contribution in [0.25, 0.3) is 11.0 Å². The maximum atomic E-state index is 12.3. The van der Waals surface area contributed by atoms with Gasteiger partial charge in [0, 0.05) is 20.2 Å². The number of nitrogens with zero attached hydrogens (tertiary/aromatic N) is 1. The van der Waals surface area contributed by atoms with Crippen molar-refractivity contribution in [1.82, 2.24) is 4.90 Å². The third-order valence-corrected chi connectivity index (χ3v) is 3.52. The second-order valence-electron chi connectivity index (χ2n) is 4.82. The Hall–Kier alpha value is -2.41. The Bertz CT molecular complexity index is 809. The summed E-state index contributed by atoms with van der Waals surface area (Å²) in [4.78, 5) is 25.2. The first-order valence-corrected chi connectivity index (χ1v) is 6.98. The van der Waals surface area contributed by atoms with Gasteiger partial charge in [-0.15, -0.1) is 0 Å². The molecule has 0 aliphatic carbocycles. The molecular formula is C15H15NO5S. The SMILES string of the molecule is CCc1c(C(=O)O)oc2cc(OC(=S)N(C)C)ccc2c1=O. The van der Waals surface area contributed by atoms with Crippen molar-refractivity contribution >= 4 is 34.3 Å². The van der Waals surface area contributed by atoms with Crippen molar-refractivity contribution in [1.29, 1.82) is 0 Å². The first-order chi connectivity index (χ1) is 10.3. The van der Waals surface area contributed by atoms with E-state index in [1.807, 2.05) is 0 Å². The van der Waals surface area contributed by atoms with Crippen LogP contribution in [0.3, 0.4) is 0 Å². The van der Waals surface area contributed by atoms with Gasteiger partial charge >= 0.3 is 5.97 Å². The average molecular weight is 321 g/mol. The highest BCUT2D eigenvalue weighted by atomic mass is 32.1. The fourth-order valence-corrected chi connectivity index (χ4v) is 2.06. The average Bonchev–Trinajstić information content (AvgIpc) is 2.46. The van der Waals surface area contributed by atoms with Crippen LogP contribution in [0.2, 0.25) is 0 Å². The van der Waals surface area contributed by atoms with Gasteiger partial charge in [0.25, 0.3) is 5.17 Å². The van der Waals surface area contributed by atoms with Crippen LogP contribution in [0, 0.1) is 0 Å². The van der Waals surface area contributed by atoms with Crippen LogP contribution in [0.1, 0.15) is 23.0 Å². The van der Waals surface area contributed by atoms with E-state index in [-0.39, 0.29) is 33.9 Å². The summed E-state index contributed by atoms with van der Waals surface area (Å²) < 4.78 is 10.8. The molecule has 0 saturated carbocycles. The highest BCUT2D eigenvalue weighted by Crippen LogP contribution is 2.22. The van der Waals surface area contributed by atoms with E-state index in [4.69, 9.17) is 21.4 Å². The predicted molar refractivity (Wildman–Crippen MR) is 85.7 cm³/mol. The van der Waals surface area contributed by atoms with Gasteiger partial charge in [-0.25, -0.2) is 4.79 Å². The Balaban J connectivity index is 2.60. The first-order valence-electron chi connectivity index (χ1n) is 6.57. The lowest BCUT2D eigenvalue weighted by Crippen LogP contribution is -2.25. The molecule has 0 radical (unpaired) electrons. The minimum absolute atomic E-state index is 0.150. The molecule has 0 fully saturated rings. The van der Waals surface area contributed by atoms with Crippen molar-refractivity contribution in [2.45, 2.75) is 13.3 Å². The maximum Gasteiger partial charge on any atom is 0.372 e. The number of carbonyl (C=O) groups is 1. The molecule has 2 aromatic rings. The maximum absolute atomic E-state index is 12.3. The first kappa shape index (κ1) is 16.0. The molecule has 0 amide bonds. The summed E-state index contributed by atoms with van der Waals surface area (Å²) in [5.41, 5.74) is -0.0426. The van der Waals surface area contributed by atoms with E-state index in [2.05, 4.69) is 0 Å². The number of thiocarbonyl (C=S) groups is 1. The molecule has 0 atom stereocenters. The molecule has 0 saturated heterocycles. The largest absolute Gasteiger partial charge is 0.475 e. The van der Waals surface area contributed by atoms with Crippen LogP contribution in [-0.2, 0) is 6.42 Å². The van der Waals surface area contributed by atoms with E-state index in [0.29, 0.717) is 11.1 Å². The van der Waals surface area contributed by atoms with E-state index in [1.54, 1.807) is 38.1 Å². The van der Waals surface area contributed by atoms with Crippen molar-refractivity contribution in [3.05, 3.63) is 39.7 Å². The summed E-state index contributed by atoms with van der Waals surface area (Å²) in [5, 5.41) is 9.73. The summed E-state index contributed by atoms with van der Waals surface area (Å²) in [5.74, 6) is -1.24. The van der Waals surface area contributed by atoms with Gasteiger partial charge in [0.15, 0.2) is 5.43 Å². The molecular weight excluding hydrogens is 306 g/mol. The monoisotopic (exact) mass is 321 g/mol. The Morgan fingerprint density at radius 2 is 2.09 bits per heavy atom. The normalized spacial score (nSPS) is 10.5. The summed E-state index contributed by atoms with van der Waals surface area (Å²) in [6.07, 6.45) is 0.281. The van der Waals surface area contributed by atoms with Gasteiger partial charge in [0.1, 0.15) is 11.3 Å². The number of carboxylic acid groups (broad SMARTS) is 1. The van der Waals surface area contributed by atoms with Crippen LogP contribution >= 0.6 is 12.2 Å². The number of aromatic carboxylic acids is 1. The van der Waals surface area contributed by atoms with Crippen LogP contribution in [0.5, 0.6) is 5.75 Å². The number of fused-ring (bicyclic) bond motifs is 1.